The first-order valence-corrected chi connectivity index (χ1v) is 13.2. The normalized spacial score (nSPS) is 13.6. The standard InChI is InChI=1S/C34H25N5/c1-34(2)26-18-10-12-20-28(26)38-29(34)21-25-24-17-9-11-19-27(24)39(32(25)38)33-36-30(22-13-5-3-6-14-22)35-31(37-33)23-15-7-4-8-16-23/h3-21H,1-2H3. The molecule has 186 valence electrons. The third kappa shape index (κ3) is 3.10. The average molecular weight is 504 g/mol. The van der Waals surface area contributed by atoms with Crippen molar-refractivity contribution in [1.82, 2.24) is 24.1 Å². The number of para-hydroxylation sites is 2. The van der Waals surface area contributed by atoms with Crippen molar-refractivity contribution in [2.24, 2.45) is 0 Å². The molecule has 0 aliphatic carbocycles. The van der Waals surface area contributed by atoms with E-state index in [-0.39, 0.29) is 5.41 Å². The Kier molecular flexibility index (Phi) is 4.50. The van der Waals surface area contributed by atoms with Crippen LogP contribution in [0.15, 0.2) is 115 Å². The molecule has 0 N–H and O–H groups in total. The van der Waals surface area contributed by atoms with E-state index in [1.165, 1.54) is 27.7 Å². The molecule has 5 heteroatoms. The summed E-state index contributed by atoms with van der Waals surface area (Å²) < 4.78 is 4.62. The van der Waals surface area contributed by atoms with Crippen LogP contribution in [0.4, 0.5) is 0 Å². The van der Waals surface area contributed by atoms with Gasteiger partial charge in [-0.15, -0.1) is 0 Å². The van der Waals surface area contributed by atoms with E-state index in [4.69, 9.17) is 15.0 Å². The number of aromatic nitrogens is 5. The first-order valence-electron chi connectivity index (χ1n) is 13.2. The Morgan fingerprint density at radius 3 is 1.85 bits per heavy atom. The molecule has 4 heterocycles. The van der Waals surface area contributed by atoms with Gasteiger partial charge in [-0.2, -0.15) is 9.97 Å². The summed E-state index contributed by atoms with van der Waals surface area (Å²) in [4.78, 5) is 15.1. The molecule has 0 amide bonds. The molecule has 5 nitrogen and oxygen atoms in total. The van der Waals surface area contributed by atoms with Crippen molar-refractivity contribution in [3.8, 4) is 34.4 Å². The quantitative estimate of drug-likeness (QED) is 0.248. The maximum Gasteiger partial charge on any atom is 0.239 e. The van der Waals surface area contributed by atoms with Gasteiger partial charge in [0.1, 0.15) is 5.65 Å². The second-order valence-corrected chi connectivity index (χ2v) is 10.6. The number of hydrogen-bond acceptors (Lipinski definition) is 3. The molecule has 0 saturated heterocycles. The van der Waals surface area contributed by atoms with Gasteiger partial charge in [0.15, 0.2) is 11.6 Å². The molecular weight excluding hydrogens is 478 g/mol. The summed E-state index contributed by atoms with van der Waals surface area (Å²) >= 11 is 0. The lowest BCUT2D eigenvalue weighted by Crippen LogP contribution is -2.15. The smallest absolute Gasteiger partial charge is 0.239 e. The number of benzene rings is 4. The molecule has 0 spiro atoms. The summed E-state index contributed by atoms with van der Waals surface area (Å²) in [6.07, 6.45) is 0. The van der Waals surface area contributed by atoms with E-state index in [1.54, 1.807) is 0 Å². The molecule has 3 aromatic heterocycles. The van der Waals surface area contributed by atoms with Crippen molar-refractivity contribution < 1.29 is 0 Å². The first kappa shape index (κ1) is 22.0. The van der Waals surface area contributed by atoms with Gasteiger partial charge in [-0.3, -0.25) is 9.13 Å². The molecule has 0 unspecified atom stereocenters. The molecule has 0 atom stereocenters. The van der Waals surface area contributed by atoms with E-state index in [9.17, 15) is 0 Å². The highest BCUT2D eigenvalue weighted by molar-refractivity contribution is 6.09. The third-order valence-electron chi connectivity index (χ3n) is 7.97. The van der Waals surface area contributed by atoms with Crippen molar-refractivity contribution in [1.29, 1.82) is 0 Å². The fourth-order valence-corrected chi connectivity index (χ4v) is 6.07. The fourth-order valence-electron chi connectivity index (χ4n) is 6.07. The van der Waals surface area contributed by atoms with Crippen LogP contribution in [0.1, 0.15) is 25.1 Å². The predicted molar refractivity (Wildman–Crippen MR) is 156 cm³/mol. The summed E-state index contributed by atoms with van der Waals surface area (Å²) in [7, 11) is 0. The van der Waals surface area contributed by atoms with E-state index >= 15 is 0 Å². The maximum atomic E-state index is 5.10. The number of rotatable bonds is 3. The van der Waals surface area contributed by atoms with E-state index in [0.29, 0.717) is 17.6 Å². The van der Waals surface area contributed by atoms with E-state index in [0.717, 1.165) is 22.3 Å². The summed E-state index contributed by atoms with van der Waals surface area (Å²) in [6, 6.07) is 39.9. The Bertz CT molecular complexity index is 1970. The monoisotopic (exact) mass is 503 g/mol. The topological polar surface area (TPSA) is 48.5 Å². The molecule has 1 aliphatic heterocycles. The predicted octanol–water partition coefficient (Wildman–Crippen LogP) is 7.73. The Morgan fingerprint density at radius 1 is 0.564 bits per heavy atom. The zero-order valence-electron chi connectivity index (χ0n) is 21.7. The zero-order chi connectivity index (χ0) is 26.1. The molecule has 39 heavy (non-hydrogen) atoms. The fraction of sp³-hybridized carbons (Fsp3) is 0.0882. The molecule has 4 aromatic carbocycles. The number of fused-ring (bicyclic) bond motifs is 7. The molecular formula is C34H25N5. The minimum absolute atomic E-state index is 0.120. The summed E-state index contributed by atoms with van der Waals surface area (Å²) in [5, 5.41) is 2.39. The average Bonchev–Trinajstić information content (AvgIpc) is 3.60. The summed E-state index contributed by atoms with van der Waals surface area (Å²) in [5.41, 5.74) is 7.74. The van der Waals surface area contributed by atoms with Crippen molar-refractivity contribution in [3.63, 3.8) is 0 Å². The highest BCUT2D eigenvalue weighted by Gasteiger charge is 2.38. The lowest BCUT2D eigenvalue weighted by Gasteiger charge is -2.18. The maximum absolute atomic E-state index is 5.10. The van der Waals surface area contributed by atoms with E-state index in [2.05, 4.69) is 77.6 Å². The number of hydrogen-bond donors (Lipinski definition) is 0. The second-order valence-electron chi connectivity index (χ2n) is 10.6. The molecule has 1 aliphatic rings. The van der Waals surface area contributed by atoms with Crippen LogP contribution in [0.3, 0.4) is 0 Å². The number of nitrogens with zero attached hydrogens (tertiary/aromatic N) is 5. The first-order chi connectivity index (χ1) is 19.1. The van der Waals surface area contributed by atoms with Crippen LogP contribution in [0, 0.1) is 0 Å². The van der Waals surface area contributed by atoms with Crippen LogP contribution in [-0.2, 0) is 5.41 Å². The Hall–Kier alpha value is -5.03. The van der Waals surface area contributed by atoms with Crippen molar-refractivity contribution in [2.45, 2.75) is 19.3 Å². The van der Waals surface area contributed by atoms with Crippen LogP contribution >= 0.6 is 0 Å². The lowest BCUT2D eigenvalue weighted by atomic mass is 9.83. The molecule has 7 aromatic rings. The summed E-state index contributed by atoms with van der Waals surface area (Å²) in [6.45, 7) is 4.61. The van der Waals surface area contributed by atoms with Gasteiger partial charge in [0, 0.05) is 33.0 Å². The van der Waals surface area contributed by atoms with Crippen LogP contribution < -0.4 is 0 Å². The van der Waals surface area contributed by atoms with Crippen LogP contribution in [0.25, 0.3) is 56.3 Å². The van der Waals surface area contributed by atoms with Gasteiger partial charge in [0.2, 0.25) is 5.95 Å². The summed E-state index contributed by atoms with van der Waals surface area (Å²) in [5.74, 6) is 1.91. The highest BCUT2D eigenvalue weighted by atomic mass is 15.3. The largest absolute Gasteiger partial charge is 0.298 e. The van der Waals surface area contributed by atoms with Gasteiger partial charge >= 0.3 is 0 Å². The molecule has 0 saturated carbocycles. The SMILES string of the molecule is CC1(C)c2ccccc2-n2c1cc1c3ccccc3n(-c3nc(-c4ccccc4)nc(-c4ccccc4)n3)c12. The van der Waals surface area contributed by atoms with Crippen LogP contribution in [0.2, 0.25) is 0 Å². The van der Waals surface area contributed by atoms with Gasteiger partial charge in [-0.25, -0.2) is 4.98 Å². The van der Waals surface area contributed by atoms with E-state index < -0.39 is 0 Å². The van der Waals surface area contributed by atoms with Gasteiger partial charge in [-0.05, 0) is 23.8 Å². The zero-order valence-corrected chi connectivity index (χ0v) is 21.7. The molecule has 8 rings (SSSR count). The van der Waals surface area contributed by atoms with Crippen LogP contribution in [0.5, 0.6) is 0 Å². The Labute approximate surface area is 226 Å². The van der Waals surface area contributed by atoms with Gasteiger partial charge in [-0.1, -0.05) is 111 Å². The third-order valence-corrected chi connectivity index (χ3v) is 7.97. The second kappa shape index (κ2) is 7.98. The lowest BCUT2D eigenvalue weighted by molar-refractivity contribution is 0.644. The minimum atomic E-state index is -0.120. The van der Waals surface area contributed by atoms with Gasteiger partial charge in [0.05, 0.1) is 11.2 Å². The molecule has 0 bridgehead atoms. The van der Waals surface area contributed by atoms with Gasteiger partial charge < -0.3 is 0 Å². The van der Waals surface area contributed by atoms with Crippen LogP contribution in [-0.4, -0.2) is 24.1 Å². The molecule has 0 fully saturated rings. The van der Waals surface area contributed by atoms with Gasteiger partial charge in [0.25, 0.3) is 0 Å². The Balaban J connectivity index is 1.50. The Morgan fingerprint density at radius 2 is 1.15 bits per heavy atom. The minimum Gasteiger partial charge on any atom is -0.298 e. The molecule has 0 radical (unpaired) electrons. The van der Waals surface area contributed by atoms with Crippen molar-refractivity contribution in [3.05, 3.63) is 127 Å². The highest BCUT2D eigenvalue weighted by Crippen LogP contribution is 2.48. The van der Waals surface area contributed by atoms with E-state index in [1.807, 2.05) is 60.7 Å². The van der Waals surface area contributed by atoms with Crippen molar-refractivity contribution in [2.75, 3.05) is 0 Å². The van der Waals surface area contributed by atoms with Crippen molar-refractivity contribution >= 4 is 21.9 Å².